The first kappa shape index (κ1) is 14.1. The van der Waals surface area contributed by atoms with Gasteiger partial charge in [0.05, 0.1) is 10.4 Å². The smallest absolute Gasteiger partial charge is 0.326 e. The normalized spacial score (nSPS) is 15.9. The first-order chi connectivity index (χ1) is 9.45. The van der Waals surface area contributed by atoms with Crippen LogP contribution in [0.25, 0.3) is 6.08 Å². The predicted octanol–water partition coefficient (Wildman–Crippen LogP) is -0.242. The van der Waals surface area contributed by atoms with E-state index in [1.807, 2.05) is 0 Å². The second-order valence-corrected chi connectivity index (χ2v) is 4.67. The molecule has 0 aliphatic carbocycles. The Hall–Kier alpha value is -2.35. The van der Waals surface area contributed by atoms with Crippen LogP contribution in [-0.4, -0.2) is 24.5 Å². The van der Waals surface area contributed by atoms with Crippen LogP contribution in [0.1, 0.15) is 5.56 Å². The molecule has 1 aromatic rings. The fourth-order valence-electron chi connectivity index (χ4n) is 1.51. The number of imide groups is 1. The van der Waals surface area contributed by atoms with Crippen LogP contribution >= 0.6 is 15.9 Å². The molecule has 0 radical (unpaired) electrons. The number of rotatable bonds is 4. The van der Waals surface area contributed by atoms with Crippen LogP contribution in [0, 0.1) is 0 Å². The van der Waals surface area contributed by atoms with E-state index in [9.17, 15) is 19.5 Å². The van der Waals surface area contributed by atoms with Gasteiger partial charge >= 0.3 is 6.03 Å². The molecule has 104 valence electrons. The maximum atomic E-state index is 11.3. The molecule has 0 spiro atoms. The average molecular weight is 340 g/mol. The van der Waals surface area contributed by atoms with Gasteiger partial charge in [0, 0.05) is 0 Å². The van der Waals surface area contributed by atoms with Crippen molar-refractivity contribution in [2.45, 2.75) is 0 Å². The zero-order chi connectivity index (χ0) is 14.7. The highest BCUT2D eigenvalue weighted by Gasteiger charge is 2.22. The SMILES string of the molecule is O=C([O-])COc1ccc(C=C2NC(=O)NC2=O)cc1Br. The fourth-order valence-corrected chi connectivity index (χ4v) is 2.02. The predicted molar refractivity (Wildman–Crippen MR) is 69.3 cm³/mol. The number of hydrogen-bond acceptors (Lipinski definition) is 5. The lowest BCUT2D eigenvalue weighted by Crippen LogP contribution is -2.29. The van der Waals surface area contributed by atoms with Crippen LogP contribution in [0.2, 0.25) is 0 Å². The maximum absolute atomic E-state index is 11.3. The van der Waals surface area contributed by atoms with E-state index in [0.29, 0.717) is 15.8 Å². The average Bonchev–Trinajstić information content (AvgIpc) is 2.66. The number of nitrogens with one attached hydrogen (secondary N) is 2. The van der Waals surface area contributed by atoms with Gasteiger partial charge in [0.2, 0.25) is 0 Å². The molecule has 1 saturated heterocycles. The Morgan fingerprint density at radius 2 is 2.10 bits per heavy atom. The van der Waals surface area contributed by atoms with Crippen LogP contribution in [-0.2, 0) is 9.59 Å². The maximum Gasteiger partial charge on any atom is 0.326 e. The number of benzene rings is 1. The lowest BCUT2D eigenvalue weighted by molar-refractivity contribution is -0.307. The molecule has 1 fully saturated rings. The number of hydrogen-bond donors (Lipinski definition) is 2. The van der Waals surface area contributed by atoms with Crippen LogP contribution in [0.3, 0.4) is 0 Å². The van der Waals surface area contributed by atoms with E-state index < -0.39 is 24.5 Å². The molecule has 2 N–H and O–H groups in total. The summed E-state index contributed by atoms with van der Waals surface area (Å²) in [6.07, 6.45) is 1.48. The minimum atomic E-state index is -1.33. The highest BCUT2D eigenvalue weighted by Crippen LogP contribution is 2.26. The topological polar surface area (TPSA) is 108 Å². The van der Waals surface area contributed by atoms with E-state index in [4.69, 9.17) is 4.74 Å². The number of halogens is 1. The van der Waals surface area contributed by atoms with E-state index in [2.05, 4.69) is 26.6 Å². The van der Waals surface area contributed by atoms with Gasteiger partial charge in [-0.2, -0.15) is 0 Å². The van der Waals surface area contributed by atoms with Gasteiger partial charge in [-0.15, -0.1) is 0 Å². The minimum absolute atomic E-state index is 0.130. The summed E-state index contributed by atoms with van der Waals surface area (Å²) < 4.78 is 5.49. The van der Waals surface area contributed by atoms with Crippen molar-refractivity contribution < 1.29 is 24.2 Å². The van der Waals surface area contributed by atoms with Crippen LogP contribution in [0.5, 0.6) is 5.75 Å². The van der Waals surface area contributed by atoms with E-state index in [-0.39, 0.29) is 5.70 Å². The molecule has 1 aliphatic rings. The van der Waals surface area contributed by atoms with Crippen molar-refractivity contribution in [3.63, 3.8) is 0 Å². The zero-order valence-corrected chi connectivity index (χ0v) is 11.5. The quantitative estimate of drug-likeness (QED) is 0.581. The second-order valence-electron chi connectivity index (χ2n) is 3.82. The van der Waals surface area contributed by atoms with Crippen molar-refractivity contribution in [2.75, 3.05) is 6.61 Å². The molecular weight excluding hydrogens is 332 g/mol. The van der Waals surface area contributed by atoms with Crippen molar-refractivity contribution >= 4 is 39.9 Å². The number of carboxylic acid groups (broad SMARTS) is 1. The van der Waals surface area contributed by atoms with Gasteiger partial charge in [0.15, 0.2) is 0 Å². The molecule has 0 bridgehead atoms. The number of ether oxygens (including phenoxy) is 1. The standard InChI is InChI=1S/C12H9BrN2O5/c13-7-3-6(1-2-9(7)20-5-10(16)17)4-8-11(18)15-12(19)14-8/h1-4H,5H2,(H,16,17)(H2,14,15,18,19)/p-1. The Morgan fingerprint density at radius 1 is 1.35 bits per heavy atom. The number of urea groups is 1. The van der Waals surface area contributed by atoms with Crippen LogP contribution in [0.4, 0.5) is 4.79 Å². The third-order valence-corrected chi connectivity index (χ3v) is 2.95. The summed E-state index contributed by atoms with van der Waals surface area (Å²) in [6.45, 7) is -0.558. The Bertz CT molecular complexity index is 626. The molecule has 2 rings (SSSR count). The third-order valence-electron chi connectivity index (χ3n) is 2.33. The lowest BCUT2D eigenvalue weighted by atomic mass is 10.2. The molecule has 1 aromatic carbocycles. The number of carbonyl (C=O) groups is 3. The van der Waals surface area contributed by atoms with Gasteiger partial charge in [0.1, 0.15) is 18.1 Å². The van der Waals surface area contributed by atoms with E-state index in [1.54, 1.807) is 12.1 Å². The molecule has 0 unspecified atom stereocenters. The van der Waals surface area contributed by atoms with Gasteiger partial charge in [-0.1, -0.05) is 6.07 Å². The Morgan fingerprint density at radius 3 is 2.65 bits per heavy atom. The largest absolute Gasteiger partial charge is 0.546 e. The van der Waals surface area contributed by atoms with Crippen molar-refractivity contribution in [3.05, 3.63) is 33.9 Å². The summed E-state index contributed by atoms with van der Waals surface area (Å²) >= 11 is 3.22. The van der Waals surface area contributed by atoms with Gasteiger partial charge in [-0.3, -0.25) is 10.1 Å². The van der Waals surface area contributed by atoms with Crippen molar-refractivity contribution in [1.82, 2.24) is 10.6 Å². The second kappa shape index (κ2) is 5.74. The molecule has 8 heteroatoms. The lowest BCUT2D eigenvalue weighted by Gasteiger charge is -2.09. The zero-order valence-electron chi connectivity index (χ0n) is 9.94. The van der Waals surface area contributed by atoms with Gasteiger partial charge < -0.3 is 20.0 Å². The minimum Gasteiger partial charge on any atom is -0.546 e. The van der Waals surface area contributed by atoms with E-state index in [0.717, 1.165) is 0 Å². The molecule has 0 aromatic heterocycles. The molecule has 3 amide bonds. The number of amides is 3. The van der Waals surface area contributed by atoms with Crippen LogP contribution in [0.15, 0.2) is 28.4 Å². The van der Waals surface area contributed by atoms with Gasteiger partial charge in [0.25, 0.3) is 5.91 Å². The number of carboxylic acids is 1. The first-order valence-electron chi connectivity index (χ1n) is 5.42. The summed E-state index contributed by atoms with van der Waals surface area (Å²) in [7, 11) is 0. The van der Waals surface area contributed by atoms with Crippen molar-refractivity contribution in [1.29, 1.82) is 0 Å². The van der Waals surface area contributed by atoms with Crippen LogP contribution < -0.4 is 20.5 Å². The van der Waals surface area contributed by atoms with Gasteiger partial charge in [-0.05, 0) is 39.7 Å². The summed E-state index contributed by atoms with van der Waals surface area (Å²) in [5.74, 6) is -1.51. The molecule has 20 heavy (non-hydrogen) atoms. The van der Waals surface area contributed by atoms with E-state index in [1.165, 1.54) is 12.1 Å². The van der Waals surface area contributed by atoms with E-state index >= 15 is 0 Å². The number of aliphatic carboxylic acids is 1. The summed E-state index contributed by atoms with van der Waals surface area (Å²) in [5, 5.41) is 14.7. The Balaban J connectivity index is 2.17. The summed E-state index contributed by atoms with van der Waals surface area (Å²) in [6, 6.07) is 4.19. The summed E-state index contributed by atoms with van der Waals surface area (Å²) in [4.78, 5) is 32.6. The fraction of sp³-hybridized carbons (Fsp3) is 0.0833. The molecule has 7 nitrogen and oxygen atoms in total. The molecule has 0 saturated carbocycles. The third kappa shape index (κ3) is 3.35. The first-order valence-corrected chi connectivity index (χ1v) is 6.21. The molecule has 0 atom stereocenters. The van der Waals surface area contributed by atoms with Crippen molar-refractivity contribution in [3.8, 4) is 5.75 Å². The monoisotopic (exact) mass is 339 g/mol. The summed E-state index contributed by atoms with van der Waals surface area (Å²) in [5.41, 5.74) is 0.760. The molecule has 1 aliphatic heterocycles. The number of carbonyl (C=O) groups excluding carboxylic acids is 3. The highest BCUT2D eigenvalue weighted by molar-refractivity contribution is 9.10. The Kier molecular flexibility index (Phi) is 4.04. The molecule has 1 heterocycles. The van der Waals surface area contributed by atoms with Crippen molar-refractivity contribution in [2.24, 2.45) is 0 Å². The molecular formula is C12H8BrN2O5-. The Labute approximate surface area is 121 Å². The highest BCUT2D eigenvalue weighted by atomic mass is 79.9. The van der Waals surface area contributed by atoms with Gasteiger partial charge in [-0.25, -0.2) is 4.79 Å².